The number of carbonyl (C=O) groups excluding carboxylic acids is 2. The standard InChI is InChI=1S/C60H69FN12O5/c1-58(2,3)52(56(77)72-34-43(74)23-49(72)54-66-59(4,78-69-54)39-15-13-36(14-16-39)44-9-5-7-11-47(44)61)65-55(76)37-25-60(26-37)27-42(28-60)70-21-19-35(20-22-70)38-29-63-57(64-30-38)73-40-17-18-41(73)33-71(32-40)50-31-62-53-46(50)24-48(67-68-53)45-10-6-8-12-51(45)75/h5-16,24,29-31,35,37,40-43,49,52,74-75H,17-23,25-28,32-34H2,1-4H3,(H,62,68)(H,65,76)(H,66,69)/t37?,40?,41?,42?,43-,49+,52-,59+,60?/m1/s1. The van der Waals surface area contributed by atoms with Gasteiger partial charge in [-0.25, -0.2) is 29.7 Å². The van der Waals surface area contributed by atoms with Crippen LogP contribution >= 0.6 is 0 Å². The SMILES string of the molecule is CC(C)(C)[C@H](NC(=O)C1CC2(C1)CC(N1CCC(c3cnc(N4C5CCC4CN(c4c[nH]c6nnc(-c7ccccc7O)cc46)C5)nc3)CC1)C2)C(=O)N1C[C@H](O)C[C@H]1C1=N[C@](C)(c2ccc(-c3ccccc3F)cc2)ON1. The molecular weight excluding hydrogens is 988 g/mol. The van der Waals surface area contributed by atoms with Crippen LogP contribution in [0, 0.1) is 22.6 Å². The average molecular weight is 1060 g/mol. The number of nitrogens with zero attached hydrogens (tertiary/aromatic N) is 9. The van der Waals surface area contributed by atoms with Crippen LogP contribution in [-0.2, 0) is 20.2 Å². The number of halogens is 1. The zero-order valence-electron chi connectivity index (χ0n) is 44.8. The van der Waals surface area contributed by atoms with Crippen LogP contribution in [0.4, 0.5) is 16.0 Å². The molecule has 13 rings (SSSR count). The number of nitrogens with one attached hydrogen (secondary N) is 3. The molecule has 5 N–H and O–H groups in total. The van der Waals surface area contributed by atoms with Crippen molar-refractivity contribution in [3.05, 3.63) is 114 Å². The Kier molecular flexibility index (Phi) is 12.6. The molecule has 18 heteroatoms. The Balaban J connectivity index is 0.581. The van der Waals surface area contributed by atoms with Gasteiger partial charge in [0.25, 0.3) is 0 Å². The van der Waals surface area contributed by atoms with Crippen molar-refractivity contribution in [3.63, 3.8) is 0 Å². The molecule has 6 atom stereocenters. The van der Waals surface area contributed by atoms with Gasteiger partial charge in [-0.05, 0) is 124 Å². The van der Waals surface area contributed by atoms with Gasteiger partial charge >= 0.3 is 0 Å². The molecule has 78 heavy (non-hydrogen) atoms. The maximum Gasteiger partial charge on any atom is 0.246 e. The number of hydrogen-bond acceptors (Lipinski definition) is 14. The van der Waals surface area contributed by atoms with Crippen LogP contribution in [0.25, 0.3) is 33.4 Å². The summed E-state index contributed by atoms with van der Waals surface area (Å²) in [5.41, 5.74) is 7.76. The number of aromatic amines is 1. The van der Waals surface area contributed by atoms with Crippen LogP contribution in [0.2, 0.25) is 0 Å². The fourth-order valence-electron chi connectivity index (χ4n) is 14.1. The number of carbonyl (C=O) groups is 2. The van der Waals surface area contributed by atoms with Gasteiger partial charge in [0.05, 0.1) is 23.5 Å². The van der Waals surface area contributed by atoms with Crippen LogP contribution in [0.3, 0.4) is 0 Å². The number of hydrogen-bond donors (Lipinski definition) is 5. The molecule has 3 aromatic heterocycles. The third kappa shape index (κ3) is 9.12. The topological polar surface area (TPSA) is 201 Å². The summed E-state index contributed by atoms with van der Waals surface area (Å²) in [6.45, 7) is 11.6. The summed E-state index contributed by atoms with van der Waals surface area (Å²) in [6, 6.07) is 23.0. The number of para-hydroxylation sites is 1. The molecule has 6 aromatic rings. The van der Waals surface area contributed by atoms with E-state index in [0.29, 0.717) is 46.7 Å². The number of amides is 2. The van der Waals surface area contributed by atoms with Crippen LogP contribution in [0.5, 0.6) is 5.75 Å². The van der Waals surface area contributed by atoms with E-state index in [1.807, 2.05) is 76.4 Å². The van der Waals surface area contributed by atoms with Gasteiger partial charge in [0.2, 0.25) is 23.5 Å². The molecule has 2 saturated carbocycles. The minimum absolute atomic E-state index is 0.0780. The largest absolute Gasteiger partial charge is 0.507 e. The van der Waals surface area contributed by atoms with Crippen LogP contribution in [-0.4, -0.2) is 132 Å². The molecule has 8 heterocycles. The highest BCUT2D eigenvalue weighted by Crippen LogP contribution is 2.60. The number of likely N-dealkylation sites (tertiary alicyclic amines) is 2. The minimum atomic E-state index is -1.12. The Labute approximate surface area is 453 Å². The van der Waals surface area contributed by atoms with E-state index in [9.17, 15) is 24.2 Å². The summed E-state index contributed by atoms with van der Waals surface area (Å²) in [7, 11) is 0. The normalized spacial score (nSPS) is 28.6. The Hall–Kier alpha value is -7.02. The molecule has 2 unspecified atom stereocenters. The second-order valence-electron chi connectivity index (χ2n) is 24.6. The molecule has 1 spiro atoms. The monoisotopic (exact) mass is 1060 g/mol. The number of anilines is 2. The van der Waals surface area contributed by atoms with Crippen LogP contribution in [0.1, 0.15) is 103 Å². The van der Waals surface area contributed by atoms with Crippen molar-refractivity contribution in [2.75, 3.05) is 42.5 Å². The number of aliphatic hydroxyl groups excluding tert-OH is 1. The van der Waals surface area contributed by atoms with Gasteiger partial charge in [-0.2, -0.15) is 0 Å². The number of H-pyrrole nitrogens is 1. The van der Waals surface area contributed by atoms with E-state index in [2.05, 4.69) is 53.1 Å². The number of aromatic hydroxyl groups is 1. The molecule has 17 nitrogen and oxygen atoms in total. The molecule has 4 saturated heterocycles. The lowest BCUT2D eigenvalue weighted by Gasteiger charge is -2.60. The van der Waals surface area contributed by atoms with E-state index in [1.165, 1.54) is 11.6 Å². The third-order valence-electron chi connectivity index (χ3n) is 18.5. The number of rotatable bonds is 11. The number of piperidine rings is 1. The molecule has 3 aromatic carbocycles. The Morgan fingerprint density at radius 3 is 2.24 bits per heavy atom. The highest BCUT2D eigenvalue weighted by atomic mass is 19.1. The summed E-state index contributed by atoms with van der Waals surface area (Å²) in [5.74, 6) is 1.09. The van der Waals surface area contributed by atoms with Gasteiger partial charge in [0, 0.05) is 90.8 Å². The third-order valence-corrected chi connectivity index (χ3v) is 18.5. The molecule has 2 amide bonds. The van der Waals surface area contributed by atoms with Gasteiger partial charge < -0.3 is 40.1 Å². The van der Waals surface area contributed by atoms with Crippen molar-refractivity contribution < 1.29 is 29.0 Å². The van der Waals surface area contributed by atoms with Crippen molar-refractivity contribution in [1.29, 1.82) is 0 Å². The van der Waals surface area contributed by atoms with Gasteiger partial charge in [0.1, 0.15) is 23.4 Å². The first kappa shape index (κ1) is 50.5. The second-order valence-corrected chi connectivity index (χ2v) is 24.6. The minimum Gasteiger partial charge on any atom is -0.507 e. The average Bonchev–Trinajstić information content (AvgIpc) is 4.34. The number of piperazine rings is 1. The number of phenolic OH excluding ortho intramolecular Hbond substituents is 1. The second kappa shape index (κ2) is 19.4. The molecule has 0 radical (unpaired) electrons. The first-order chi connectivity index (χ1) is 37.6. The maximum absolute atomic E-state index is 14.6. The fourth-order valence-corrected chi connectivity index (χ4v) is 14.1. The maximum atomic E-state index is 14.6. The quantitative estimate of drug-likeness (QED) is 0.0842. The molecule has 406 valence electrons. The van der Waals surface area contributed by atoms with Crippen molar-refractivity contribution in [2.24, 2.45) is 21.7 Å². The fraction of sp³-hybridized carbons (Fsp3) is 0.483. The number of fused-ring (bicyclic) bond motifs is 3. The lowest BCUT2D eigenvalue weighted by molar-refractivity contribution is -0.149. The molecule has 7 aliphatic rings. The number of amidine groups is 1. The van der Waals surface area contributed by atoms with E-state index in [0.717, 1.165) is 111 Å². The van der Waals surface area contributed by atoms with Crippen molar-refractivity contribution >= 4 is 40.3 Å². The summed E-state index contributed by atoms with van der Waals surface area (Å²) >= 11 is 0. The van der Waals surface area contributed by atoms with Gasteiger partial charge in [-0.1, -0.05) is 75.4 Å². The zero-order chi connectivity index (χ0) is 53.7. The van der Waals surface area contributed by atoms with E-state index < -0.39 is 29.3 Å². The van der Waals surface area contributed by atoms with Gasteiger partial charge in [0.15, 0.2) is 5.65 Å². The lowest BCUT2D eigenvalue weighted by Crippen LogP contribution is -2.62. The van der Waals surface area contributed by atoms with Crippen LogP contribution < -0.4 is 20.6 Å². The molecule has 2 aliphatic carbocycles. The Bertz CT molecular complexity index is 3260. The number of β-amino-alcohol motifs (C(OH)–C–C–N with tert-alkyl or cyclic N) is 1. The molecule has 2 bridgehead atoms. The smallest absolute Gasteiger partial charge is 0.246 e. The summed E-state index contributed by atoms with van der Waals surface area (Å²) in [6.07, 6.45) is 13.9. The van der Waals surface area contributed by atoms with Gasteiger partial charge in [-0.15, -0.1) is 10.2 Å². The van der Waals surface area contributed by atoms with E-state index >= 15 is 0 Å². The Morgan fingerprint density at radius 1 is 0.859 bits per heavy atom. The molecular formula is C60H69FN12O5. The number of aromatic nitrogens is 5. The lowest BCUT2D eigenvalue weighted by atomic mass is 9.49. The Morgan fingerprint density at radius 2 is 1.55 bits per heavy atom. The van der Waals surface area contributed by atoms with Crippen LogP contribution in [0.15, 0.2) is 102 Å². The summed E-state index contributed by atoms with van der Waals surface area (Å²) < 4.78 is 14.5. The molecule has 5 aliphatic heterocycles. The van der Waals surface area contributed by atoms with E-state index in [4.69, 9.17) is 19.8 Å². The summed E-state index contributed by atoms with van der Waals surface area (Å²) in [5, 5.41) is 34.5. The predicted octanol–water partition coefficient (Wildman–Crippen LogP) is 7.82. The number of aliphatic hydroxyl groups is 1. The number of benzene rings is 3. The highest BCUT2D eigenvalue weighted by molar-refractivity contribution is 5.96. The predicted molar refractivity (Wildman–Crippen MR) is 295 cm³/mol. The zero-order valence-corrected chi connectivity index (χ0v) is 44.8. The van der Waals surface area contributed by atoms with Gasteiger partial charge in [-0.3, -0.25) is 9.59 Å². The van der Waals surface area contributed by atoms with Crippen molar-refractivity contribution in [3.8, 4) is 28.1 Å². The summed E-state index contributed by atoms with van der Waals surface area (Å²) in [4.78, 5) is 62.1. The van der Waals surface area contributed by atoms with Crippen molar-refractivity contribution in [1.82, 2.24) is 45.7 Å². The first-order valence-corrected chi connectivity index (χ1v) is 28.0. The molecule has 6 fully saturated rings. The first-order valence-electron chi connectivity index (χ1n) is 28.0. The van der Waals surface area contributed by atoms with Crippen molar-refractivity contribution in [2.45, 2.75) is 133 Å². The van der Waals surface area contributed by atoms with E-state index in [1.54, 1.807) is 35.2 Å². The van der Waals surface area contributed by atoms with E-state index in [-0.39, 0.29) is 47.7 Å². The highest BCUT2D eigenvalue weighted by Gasteiger charge is 2.57. The number of phenols is 1. The number of hydroxylamine groups is 1. The number of aliphatic imine (C=N–C) groups is 1.